The molecular weight excluding hydrogens is 158 g/mol. The Morgan fingerprint density at radius 2 is 2.00 bits per heavy atom. The Bertz CT molecular complexity index is 196. The Hall–Kier alpha value is -1.32. The Labute approximate surface area is 71.3 Å². The van der Waals surface area contributed by atoms with Gasteiger partial charge in [0.15, 0.2) is 0 Å². The van der Waals surface area contributed by atoms with Gasteiger partial charge in [-0.2, -0.15) is 0 Å². The zero-order valence-electron chi connectivity index (χ0n) is 7.20. The average molecular weight is 171 g/mol. The van der Waals surface area contributed by atoms with Gasteiger partial charge in [0.05, 0.1) is 0 Å². The van der Waals surface area contributed by atoms with Gasteiger partial charge in [0.1, 0.15) is 0 Å². The lowest BCUT2D eigenvalue weighted by Gasteiger charge is -2.03. The largest absolute Gasteiger partial charge is 0.478 e. The van der Waals surface area contributed by atoms with Gasteiger partial charge in [0.25, 0.3) is 0 Å². The molecule has 0 atom stereocenters. The van der Waals surface area contributed by atoms with E-state index >= 15 is 0 Å². The molecule has 4 nitrogen and oxygen atoms in total. The molecule has 68 valence electrons. The summed E-state index contributed by atoms with van der Waals surface area (Å²) in [4.78, 5) is 20.8. The second kappa shape index (κ2) is 5.35. The van der Waals surface area contributed by atoms with Crippen molar-refractivity contribution in [2.45, 2.75) is 13.8 Å². The van der Waals surface area contributed by atoms with Crippen LogP contribution in [0.25, 0.3) is 0 Å². The predicted octanol–water partition coefficient (Wildman–Crippen LogP) is 0.399. The van der Waals surface area contributed by atoms with Gasteiger partial charge in [0.2, 0.25) is 5.91 Å². The van der Waals surface area contributed by atoms with E-state index in [2.05, 4.69) is 5.32 Å². The summed E-state index contributed by atoms with van der Waals surface area (Å²) in [5, 5.41) is 10.7. The van der Waals surface area contributed by atoms with E-state index in [1.807, 2.05) is 13.8 Å². The summed E-state index contributed by atoms with van der Waals surface area (Å²) < 4.78 is 0. The zero-order chi connectivity index (χ0) is 9.56. The van der Waals surface area contributed by atoms with Gasteiger partial charge in [-0.25, -0.2) is 4.79 Å². The van der Waals surface area contributed by atoms with E-state index in [0.29, 0.717) is 12.5 Å². The number of nitrogens with one attached hydrogen (secondary N) is 1. The van der Waals surface area contributed by atoms with Crippen molar-refractivity contribution in [3.63, 3.8) is 0 Å². The van der Waals surface area contributed by atoms with Crippen molar-refractivity contribution in [3.05, 3.63) is 12.2 Å². The number of rotatable bonds is 4. The summed E-state index contributed by atoms with van der Waals surface area (Å²) in [5.41, 5.74) is 0. The first kappa shape index (κ1) is 10.7. The van der Waals surface area contributed by atoms with E-state index in [1.165, 1.54) is 0 Å². The van der Waals surface area contributed by atoms with Crippen LogP contribution in [0.15, 0.2) is 12.2 Å². The van der Waals surface area contributed by atoms with Crippen LogP contribution in [0.4, 0.5) is 0 Å². The number of hydrogen-bond acceptors (Lipinski definition) is 2. The number of carboxylic acids is 1. The molecule has 0 heterocycles. The monoisotopic (exact) mass is 171 g/mol. The minimum Gasteiger partial charge on any atom is -0.478 e. The zero-order valence-corrected chi connectivity index (χ0v) is 7.20. The molecule has 0 bridgehead atoms. The first-order valence-electron chi connectivity index (χ1n) is 3.71. The third kappa shape index (κ3) is 6.80. The molecule has 4 heteroatoms. The minimum atomic E-state index is -1.12. The van der Waals surface area contributed by atoms with Crippen LogP contribution in [-0.4, -0.2) is 23.5 Å². The highest BCUT2D eigenvalue weighted by Crippen LogP contribution is 1.86. The van der Waals surface area contributed by atoms with Crippen LogP contribution in [0.5, 0.6) is 0 Å². The molecule has 0 aliphatic carbocycles. The molecule has 0 unspecified atom stereocenters. The number of amides is 1. The van der Waals surface area contributed by atoms with E-state index < -0.39 is 5.97 Å². The number of carbonyl (C=O) groups is 2. The molecule has 0 aliphatic heterocycles. The lowest BCUT2D eigenvalue weighted by molar-refractivity contribution is -0.131. The average Bonchev–Trinajstić information content (AvgIpc) is 1.96. The summed E-state index contributed by atoms with van der Waals surface area (Å²) in [6.07, 6.45) is 1.82. The summed E-state index contributed by atoms with van der Waals surface area (Å²) in [6.45, 7) is 4.48. The minimum absolute atomic E-state index is 0.368. The molecular formula is C8H13NO3. The fourth-order valence-corrected chi connectivity index (χ4v) is 0.511. The number of carbonyl (C=O) groups excluding carboxylic acids is 1. The van der Waals surface area contributed by atoms with Crippen LogP contribution in [0, 0.1) is 5.92 Å². The van der Waals surface area contributed by atoms with Crippen LogP contribution in [0.2, 0.25) is 0 Å². The fourth-order valence-electron chi connectivity index (χ4n) is 0.511. The van der Waals surface area contributed by atoms with Crippen molar-refractivity contribution in [2.24, 2.45) is 5.92 Å². The summed E-state index contributed by atoms with van der Waals surface area (Å²) in [6, 6.07) is 0. The molecule has 0 radical (unpaired) electrons. The van der Waals surface area contributed by atoms with Gasteiger partial charge >= 0.3 is 5.97 Å². The molecule has 12 heavy (non-hydrogen) atoms. The maximum atomic E-state index is 10.8. The van der Waals surface area contributed by atoms with Crippen molar-refractivity contribution < 1.29 is 14.7 Å². The van der Waals surface area contributed by atoms with E-state index in [4.69, 9.17) is 5.11 Å². The molecule has 0 spiro atoms. The molecule has 2 N–H and O–H groups in total. The molecule has 0 aromatic carbocycles. The molecule has 1 amide bonds. The van der Waals surface area contributed by atoms with Crippen LogP contribution in [0.1, 0.15) is 13.8 Å². The maximum Gasteiger partial charge on any atom is 0.328 e. The SMILES string of the molecule is CC(C)CNC(=O)C=CC(=O)O. The van der Waals surface area contributed by atoms with E-state index in [9.17, 15) is 9.59 Å². The van der Waals surface area contributed by atoms with Crippen molar-refractivity contribution in [1.82, 2.24) is 5.32 Å². The summed E-state index contributed by atoms with van der Waals surface area (Å²) in [7, 11) is 0. The molecule has 0 fully saturated rings. The van der Waals surface area contributed by atoms with Gasteiger partial charge in [-0.3, -0.25) is 4.79 Å². The Morgan fingerprint density at radius 3 is 2.42 bits per heavy atom. The van der Waals surface area contributed by atoms with Crippen LogP contribution >= 0.6 is 0 Å². The first-order valence-corrected chi connectivity index (χ1v) is 3.71. The number of aliphatic carboxylic acids is 1. The molecule has 0 aliphatic rings. The Morgan fingerprint density at radius 1 is 1.42 bits per heavy atom. The lowest BCUT2D eigenvalue weighted by Crippen LogP contribution is -2.25. The van der Waals surface area contributed by atoms with Crippen molar-refractivity contribution in [3.8, 4) is 0 Å². The van der Waals surface area contributed by atoms with E-state index in [1.54, 1.807) is 0 Å². The van der Waals surface area contributed by atoms with E-state index in [0.717, 1.165) is 12.2 Å². The van der Waals surface area contributed by atoms with Crippen molar-refractivity contribution >= 4 is 11.9 Å². The Balaban J connectivity index is 3.67. The predicted molar refractivity (Wildman–Crippen MR) is 44.6 cm³/mol. The molecule has 0 saturated heterocycles. The van der Waals surface area contributed by atoms with Gasteiger partial charge in [-0.1, -0.05) is 13.8 Å². The Kier molecular flexibility index (Phi) is 4.76. The van der Waals surface area contributed by atoms with Crippen LogP contribution in [-0.2, 0) is 9.59 Å². The van der Waals surface area contributed by atoms with Crippen molar-refractivity contribution in [1.29, 1.82) is 0 Å². The highest BCUT2D eigenvalue weighted by Gasteiger charge is 1.97. The first-order chi connectivity index (χ1) is 5.52. The van der Waals surface area contributed by atoms with E-state index in [-0.39, 0.29) is 5.91 Å². The van der Waals surface area contributed by atoms with Crippen LogP contribution < -0.4 is 5.32 Å². The molecule has 0 saturated carbocycles. The highest BCUT2D eigenvalue weighted by atomic mass is 16.4. The van der Waals surface area contributed by atoms with Gasteiger partial charge in [-0.15, -0.1) is 0 Å². The maximum absolute atomic E-state index is 10.8. The normalized spacial score (nSPS) is 10.6. The third-order valence-corrected chi connectivity index (χ3v) is 1.06. The second-order valence-electron chi connectivity index (χ2n) is 2.81. The third-order valence-electron chi connectivity index (χ3n) is 1.06. The van der Waals surface area contributed by atoms with Gasteiger partial charge in [0, 0.05) is 18.7 Å². The standard InChI is InChI=1S/C8H13NO3/c1-6(2)5-9-7(10)3-4-8(11)12/h3-4,6H,5H2,1-2H3,(H,9,10)(H,11,12). The number of hydrogen-bond donors (Lipinski definition) is 2. The van der Waals surface area contributed by atoms with Gasteiger partial charge < -0.3 is 10.4 Å². The lowest BCUT2D eigenvalue weighted by atomic mass is 10.2. The molecule has 0 rings (SSSR count). The summed E-state index contributed by atoms with van der Waals surface area (Å²) >= 11 is 0. The molecule has 0 aromatic heterocycles. The van der Waals surface area contributed by atoms with Gasteiger partial charge in [-0.05, 0) is 5.92 Å². The summed E-state index contributed by atoms with van der Waals surface area (Å²) in [5.74, 6) is -1.12. The fraction of sp³-hybridized carbons (Fsp3) is 0.500. The smallest absolute Gasteiger partial charge is 0.328 e. The van der Waals surface area contributed by atoms with Crippen molar-refractivity contribution in [2.75, 3.05) is 6.54 Å². The quantitative estimate of drug-likeness (QED) is 0.602. The topological polar surface area (TPSA) is 66.4 Å². The second-order valence-corrected chi connectivity index (χ2v) is 2.81. The number of carboxylic acid groups (broad SMARTS) is 1. The van der Waals surface area contributed by atoms with Crippen LogP contribution in [0.3, 0.4) is 0 Å². The molecule has 0 aromatic rings. The highest BCUT2D eigenvalue weighted by molar-refractivity contribution is 5.93.